The second-order valence-corrected chi connectivity index (χ2v) is 6.78. The molecule has 1 saturated heterocycles. The van der Waals surface area contributed by atoms with Gasteiger partial charge in [0.1, 0.15) is 12.6 Å². The fourth-order valence-corrected chi connectivity index (χ4v) is 3.49. The maximum Gasteiger partial charge on any atom is 0.250 e. The van der Waals surface area contributed by atoms with E-state index in [0.717, 1.165) is 30.7 Å². The van der Waals surface area contributed by atoms with Gasteiger partial charge in [-0.2, -0.15) is 0 Å². The molecular formula is C19H25N3O4. The van der Waals surface area contributed by atoms with Crippen LogP contribution in [0.5, 0.6) is 0 Å². The molecule has 7 nitrogen and oxygen atoms in total. The van der Waals surface area contributed by atoms with Crippen molar-refractivity contribution in [3.05, 3.63) is 29.8 Å². The molecule has 2 N–H and O–H groups in total. The lowest BCUT2D eigenvalue weighted by molar-refractivity contribution is -0.127. The van der Waals surface area contributed by atoms with E-state index in [1.165, 1.54) is 11.8 Å². The molecular weight excluding hydrogens is 334 g/mol. The largest absolute Gasteiger partial charge is 0.376 e. The van der Waals surface area contributed by atoms with Crippen molar-refractivity contribution < 1.29 is 19.1 Å². The third-order valence-corrected chi connectivity index (χ3v) is 4.78. The van der Waals surface area contributed by atoms with Crippen LogP contribution in [-0.2, 0) is 25.5 Å². The van der Waals surface area contributed by atoms with Gasteiger partial charge in [-0.25, -0.2) is 0 Å². The molecule has 2 aliphatic rings. The number of anilines is 1. The van der Waals surface area contributed by atoms with Gasteiger partial charge < -0.3 is 20.3 Å². The molecule has 26 heavy (non-hydrogen) atoms. The number of hydrogen-bond acceptors (Lipinski definition) is 4. The number of nitrogens with zero attached hydrogens (tertiary/aromatic N) is 1. The van der Waals surface area contributed by atoms with E-state index in [9.17, 15) is 14.4 Å². The molecule has 0 radical (unpaired) electrons. The Morgan fingerprint density at radius 1 is 1.27 bits per heavy atom. The van der Waals surface area contributed by atoms with Gasteiger partial charge in [0.25, 0.3) is 0 Å². The second kappa shape index (κ2) is 8.31. The van der Waals surface area contributed by atoms with Gasteiger partial charge in [0.05, 0.1) is 6.10 Å². The second-order valence-electron chi connectivity index (χ2n) is 6.78. The van der Waals surface area contributed by atoms with Gasteiger partial charge in [0.2, 0.25) is 17.7 Å². The number of hydrogen-bond donors (Lipinski definition) is 2. The Balaban J connectivity index is 1.72. The third kappa shape index (κ3) is 4.40. The Labute approximate surface area is 153 Å². The summed E-state index contributed by atoms with van der Waals surface area (Å²) >= 11 is 0. The van der Waals surface area contributed by atoms with Crippen molar-refractivity contribution in [3.63, 3.8) is 0 Å². The van der Waals surface area contributed by atoms with Crippen LogP contribution in [0.2, 0.25) is 0 Å². The van der Waals surface area contributed by atoms with Crippen LogP contribution >= 0.6 is 0 Å². The van der Waals surface area contributed by atoms with Crippen molar-refractivity contribution in [1.82, 2.24) is 10.6 Å². The number of aryl methyl sites for hydroxylation is 1. The van der Waals surface area contributed by atoms with Gasteiger partial charge in [0.15, 0.2) is 0 Å². The number of carbonyl (C=O) groups excluding carboxylic acids is 3. The Bertz CT molecular complexity index is 685. The Kier molecular flexibility index (Phi) is 5.88. The number of nitrogens with one attached hydrogen (secondary N) is 2. The van der Waals surface area contributed by atoms with Crippen LogP contribution in [0.3, 0.4) is 0 Å². The molecule has 1 aromatic rings. The van der Waals surface area contributed by atoms with Crippen molar-refractivity contribution in [2.45, 2.75) is 44.8 Å². The molecule has 0 spiro atoms. The molecule has 2 atom stereocenters. The minimum Gasteiger partial charge on any atom is -0.376 e. The Morgan fingerprint density at radius 3 is 2.81 bits per heavy atom. The van der Waals surface area contributed by atoms with Crippen LogP contribution in [0.1, 0.15) is 31.7 Å². The lowest BCUT2D eigenvalue weighted by atomic mass is 10.1. The Hall–Kier alpha value is -2.41. The Morgan fingerprint density at radius 2 is 2.08 bits per heavy atom. The third-order valence-electron chi connectivity index (χ3n) is 4.78. The lowest BCUT2D eigenvalue weighted by Crippen LogP contribution is -2.50. The minimum absolute atomic E-state index is 0.0539. The van der Waals surface area contributed by atoms with E-state index in [4.69, 9.17) is 4.74 Å². The first-order valence-corrected chi connectivity index (χ1v) is 9.09. The highest BCUT2D eigenvalue weighted by Crippen LogP contribution is 2.26. The summed E-state index contributed by atoms with van der Waals surface area (Å²) in [6.07, 6.45) is 3.19. The SMILES string of the molecule is CC(=O)NC1CCc2ccccc2N(CC(=O)NCC2CCCO2)C1=O. The first-order chi connectivity index (χ1) is 12.5. The molecule has 0 bridgehead atoms. The molecule has 1 fully saturated rings. The maximum absolute atomic E-state index is 12.9. The zero-order valence-corrected chi connectivity index (χ0v) is 15.0. The lowest BCUT2D eigenvalue weighted by Gasteiger charge is -2.25. The maximum atomic E-state index is 12.9. The predicted molar refractivity (Wildman–Crippen MR) is 96.7 cm³/mol. The molecule has 1 aromatic carbocycles. The molecule has 2 aliphatic heterocycles. The molecule has 0 aliphatic carbocycles. The molecule has 3 amide bonds. The summed E-state index contributed by atoms with van der Waals surface area (Å²) in [5.41, 5.74) is 1.73. The number of amides is 3. The summed E-state index contributed by atoms with van der Waals surface area (Å²) < 4.78 is 5.51. The standard InChI is InChI=1S/C19H25N3O4/c1-13(23)21-16-9-8-14-5-2-3-7-17(14)22(19(16)25)12-18(24)20-11-15-6-4-10-26-15/h2-3,5,7,15-16H,4,6,8-12H2,1H3,(H,20,24)(H,21,23). The quantitative estimate of drug-likeness (QED) is 0.813. The molecule has 0 saturated carbocycles. The van der Waals surface area contributed by atoms with Gasteiger partial charge in [-0.1, -0.05) is 18.2 Å². The smallest absolute Gasteiger partial charge is 0.250 e. The highest BCUT2D eigenvalue weighted by Gasteiger charge is 2.32. The minimum atomic E-state index is -0.620. The van der Waals surface area contributed by atoms with Crippen LogP contribution in [0.25, 0.3) is 0 Å². The topological polar surface area (TPSA) is 87.7 Å². The van der Waals surface area contributed by atoms with E-state index < -0.39 is 6.04 Å². The molecule has 7 heteroatoms. The van der Waals surface area contributed by atoms with Crippen molar-refractivity contribution in [3.8, 4) is 0 Å². The van der Waals surface area contributed by atoms with Gasteiger partial charge in [-0.3, -0.25) is 14.4 Å². The predicted octanol–water partition coefficient (Wildman–Crippen LogP) is 0.766. The van der Waals surface area contributed by atoms with Gasteiger partial charge >= 0.3 is 0 Å². The highest BCUT2D eigenvalue weighted by molar-refractivity contribution is 6.03. The zero-order valence-electron chi connectivity index (χ0n) is 15.0. The van der Waals surface area contributed by atoms with Crippen LogP contribution in [0.15, 0.2) is 24.3 Å². The van der Waals surface area contributed by atoms with Gasteiger partial charge in [0, 0.05) is 25.8 Å². The van der Waals surface area contributed by atoms with Crippen LogP contribution < -0.4 is 15.5 Å². The van der Waals surface area contributed by atoms with Gasteiger partial charge in [-0.15, -0.1) is 0 Å². The van der Waals surface area contributed by atoms with Crippen molar-refractivity contribution >= 4 is 23.4 Å². The number of benzene rings is 1. The van der Waals surface area contributed by atoms with Crippen molar-refractivity contribution in [2.24, 2.45) is 0 Å². The number of ether oxygens (including phenoxy) is 1. The van der Waals surface area contributed by atoms with E-state index in [0.29, 0.717) is 19.4 Å². The van der Waals surface area contributed by atoms with E-state index >= 15 is 0 Å². The summed E-state index contributed by atoms with van der Waals surface area (Å²) in [6.45, 7) is 2.51. The number of fused-ring (bicyclic) bond motifs is 1. The molecule has 2 heterocycles. The number of rotatable bonds is 5. The first-order valence-electron chi connectivity index (χ1n) is 9.09. The summed E-state index contributed by atoms with van der Waals surface area (Å²) in [6, 6.07) is 6.94. The molecule has 140 valence electrons. The summed E-state index contributed by atoms with van der Waals surface area (Å²) in [5, 5.41) is 5.56. The number of para-hydroxylation sites is 1. The van der Waals surface area contributed by atoms with Crippen molar-refractivity contribution in [2.75, 3.05) is 24.6 Å². The van der Waals surface area contributed by atoms with Crippen molar-refractivity contribution in [1.29, 1.82) is 0 Å². The van der Waals surface area contributed by atoms with Gasteiger partial charge in [-0.05, 0) is 37.3 Å². The monoisotopic (exact) mass is 359 g/mol. The highest BCUT2D eigenvalue weighted by atomic mass is 16.5. The normalized spacial score (nSPS) is 22.5. The van der Waals surface area contributed by atoms with Crippen LogP contribution in [-0.4, -0.2) is 49.6 Å². The summed E-state index contributed by atoms with van der Waals surface area (Å²) in [5.74, 6) is -0.735. The fraction of sp³-hybridized carbons (Fsp3) is 0.526. The summed E-state index contributed by atoms with van der Waals surface area (Å²) in [4.78, 5) is 38.3. The molecule has 0 aromatic heterocycles. The fourth-order valence-electron chi connectivity index (χ4n) is 3.49. The zero-order chi connectivity index (χ0) is 18.5. The van der Waals surface area contributed by atoms with E-state index in [-0.39, 0.29) is 30.4 Å². The average molecular weight is 359 g/mol. The van der Waals surface area contributed by atoms with E-state index in [2.05, 4.69) is 10.6 Å². The van der Waals surface area contributed by atoms with Crippen LogP contribution in [0.4, 0.5) is 5.69 Å². The average Bonchev–Trinajstić information content (AvgIpc) is 3.10. The molecule has 2 unspecified atom stereocenters. The number of carbonyl (C=O) groups is 3. The summed E-state index contributed by atoms with van der Waals surface area (Å²) in [7, 11) is 0. The van der Waals surface area contributed by atoms with E-state index in [1.807, 2.05) is 24.3 Å². The first kappa shape index (κ1) is 18.4. The molecule has 3 rings (SSSR count). The van der Waals surface area contributed by atoms with Crippen LogP contribution in [0, 0.1) is 0 Å². The van der Waals surface area contributed by atoms with E-state index in [1.54, 1.807) is 0 Å².